The van der Waals surface area contributed by atoms with Gasteiger partial charge in [-0.3, -0.25) is 4.90 Å². The van der Waals surface area contributed by atoms with Crippen molar-refractivity contribution in [1.29, 1.82) is 0 Å². The minimum atomic E-state index is -0.0192. The van der Waals surface area contributed by atoms with Crippen molar-refractivity contribution in [2.75, 3.05) is 40.0 Å². The lowest BCUT2D eigenvalue weighted by Crippen LogP contribution is -2.35. The van der Waals surface area contributed by atoms with Crippen LogP contribution in [0.5, 0.6) is 11.6 Å². The zero-order chi connectivity index (χ0) is 20.8. The highest BCUT2D eigenvalue weighted by atomic mass is 16.7. The van der Waals surface area contributed by atoms with Crippen LogP contribution in [0.4, 0.5) is 0 Å². The molecule has 1 unspecified atom stereocenters. The molecule has 0 saturated carbocycles. The van der Waals surface area contributed by atoms with Crippen LogP contribution in [-0.4, -0.2) is 61.7 Å². The maximum Gasteiger partial charge on any atom is 0.221 e. The van der Waals surface area contributed by atoms with Crippen molar-refractivity contribution in [2.24, 2.45) is 5.16 Å². The summed E-state index contributed by atoms with van der Waals surface area (Å²) in [4.78, 5) is 12.2. The van der Waals surface area contributed by atoms with E-state index >= 15 is 0 Å². The van der Waals surface area contributed by atoms with Crippen molar-refractivity contribution in [1.82, 2.24) is 9.88 Å². The van der Waals surface area contributed by atoms with Crippen LogP contribution in [-0.2, 0) is 16.1 Å². The molecule has 0 N–H and O–H groups in total. The zero-order valence-electron chi connectivity index (χ0n) is 17.7. The first kappa shape index (κ1) is 20.6. The Morgan fingerprint density at radius 1 is 1.20 bits per heavy atom. The van der Waals surface area contributed by atoms with E-state index in [0.29, 0.717) is 12.5 Å². The number of oxime groups is 1. The van der Waals surface area contributed by atoms with E-state index in [1.807, 2.05) is 18.2 Å². The SMILES string of the molecule is CCC1=NOC(COc2ccc(-c3cccnc3OC)cc2CN2CCOCC2)C1. The number of pyridine rings is 1. The summed E-state index contributed by atoms with van der Waals surface area (Å²) in [7, 11) is 1.65. The number of aromatic nitrogens is 1. The Kier molecular flexibility index (Phi) is 6.81. The van der Waals surface area contributed by atoms with Gasteiger partial charge in [-0.15, -0.1) is 0 Å². The molecular weight excluding hydrogens is 382 g/mol. The second kappa shape index (κ2) is 9.91. The summed E-state index contributed by atoms with van der Waals surface area (Å²) in [6, 6.07) is 10.2. The first-order chi connectivity index (χ1) is 14.8. The predicted molar refractivity (Wildman–Crippen MR) is 115 cm³/mol. The summed E-state index contributed by atoms with van der Waals surface area (Å²) in [6.45, 7) is 6.74. The molecular formula is C23H29N3O4. The van der Waals surface area contributed by atoms with E-state index in [1.165, 1.54) is 0 Å². The quantitative estimate of drug-likeness (QED) is 0.662. The van der Waals surface area contributed by atoms with Gasteiger partial charge in [-0.1, -0.05) is 18.1 Å². The van der Waals surface area contributed by atoms with E-state index in [4.69, 9.17) is 19.0 Å². The van der Waals surface area contributed by atoms with Gasteiger partial charge >= 0.3 is 0 Å². The molecule has 0 aliphatic carbocycles. The van der Waals surface area contributed by atoms with Gasteiger partial charge in [-0.25, -0.2) is 4.98 Å². The Labute approximate surface area is 177 Å². The highest BCUT2D eigenvalue weighted by Gasteiger charge is 2.22. The van der Waals surface area contributed by atoms with E-state index in [9.17, 15) is 0 Å². The monoisotopic (exact) mass is 411 g/mol. The molecule has 1 aromatic carbocycles. The lowest BCUT2D eigenvalue weighted by Gasteiger charge is -2.27. The van der Waals surface area contributed by atoms with Crippen molar-refractivity contribution in [3.8, 4) is 22.8 Å². The Morgan fingerprint density at radius 3 is 2.83 bits per heavy atom. The van der Waals surface area contributed by atoms with Gasteiger partial charge in [0.25, 0.3) is 0 Å². The summed E-state index contributed by atoms with van der Waals surface area (Å²) >= 11 is 0. The lowest BCUT2D eigenvalue weighted by molar-refractivity contribution is 0.0324. The molecule has 3 heterocycles. The molecule has 2 aliphatic rings. The van der Waals surface area contributed by atoms with E-state index in [0.717, 1.165) is 73.8 Å². The first-order valence-electron chi connectivity index (χ1n) is 10.5. The van der Waals surface area contributed by atoms with Gasteiger partial charge in [-0.05, 0) is 36.2 Å². The second-order valence-corrected chi connectivity index (χ2v) is 7.52. The molecule has 1 aromatic heterocycles. The van der Waals surface area contributed by atoms with Crippen molar-refractivity contribution >= 4 is 5.71 Å². The van der Waals surface area contributed by atoms with E-state index in [-0.39, 0.29) is 6.10 Å². The summed E-state index contributed by atoms with van der Waals surface area (Å²) < 4.78 is 17.2. The van der Waals surface area contributed by atoms with Crippen LogP contribution in [0.25, 0.3) is 11.1 Å². The maximum atomic E-state index is 6.20. The van der Waals surface area contributed by atoms with Gasteiger partial charge < -0.3 is 19.0 Å². The standard InChI is InChI=1S/C23H29N3O4/c1-3-19-14-20(30-25-19)16-29-22-7-6-17(21-5-4-8-24-23(21)27-2)13-18(22)15-26-9-11-28-12-10-26/h4-8,13,20H,3,9-12,14-16H2,1-2H3. The fourth-order valence-electron chi connectivity index (χ4n) is 3.75. The van der Waals surface area contributed by atoms with E-state index < -0.39 is 0 Å². The van der Waals surface area contributed by atoms with Crippen LogP contribution in [0.3, 0.4) is 0 Å². The second-order valence-electron chi connectivity index (χ2n) is 7.52. The third kappa shape index (κ3) is 4.91. The highest BCUT2D eigenvalue weighted by Crippen LogP contribution is 2.32. The third-order valence-corrected chi connectivity index (χ3v) is 5.46. The highest BCUT2D eigenvalue weighted by molar-refractivity contribution is 5.85. The van der Waals surface area contributed by atoms with E-state index in [1.54, 1.807) is 13.3 Å². The third-order valence-electron chi connectivity index (χ3n) is 5.46. The molecule has 0 bridgehead atoms. The number of methoxy groups -OCH3 is 1. The number of morpholine rings is 1. The van der Waals surface area contributed by atoms with Gasteiger partial charge in [-0.2, -0.15) is 0 Å². The van der Waals surface area contributed by atoms with Crippen molar-refractivity contribution in [3.05, 3.63) is 42.1 Å². The maximum absolute atomic E-state index is 6.20. The van der Waals surface area contributed by atoms with Crippen molar-refractivity contribution in [3.63, 3.8) is 0 Å². The van der Waals surface area contributed by atoms with Gasteiger partial charge in [0.15, 0.2) is 6.10 Å². The van der Waals surface area contributed by atoms with Crippen LogP contribution in [0.2, 0.25) is 0 Å². The smallest absolute Gasteiger partial charge is 0.221 e. The summed E-state index contributed by atoms with van der Waals surface area (Å²) in [6.07, 6.45) is 3.47. The molecule has 0 spiro atoms. The molecule has 2 aromatic rings. The molecule has 30 heavy (non-hydrogen) atoms. The number of hydrogen-bond donors (Lipinski definition) is 0. The number of benzene rings is 1. The number of hydrogen-bond acceptors (Lipinski definition) is 7. The average molecular weight is 412 g/mol. The first-order valence-corrected chi connectivity index (χ1v) is 10.5. The fraction of sp³-hybridized carbons (Fsp3) is 0.478. The lowest BCUT2D eigenvalue weighted by atomic mass is 10.0. The molecule has 7 nitrogen and oxygen atoms in total. The molecule has 160 valence electrons. The van der Waals surface area contributed by atoms with Crippen LogP contribution in [0, 0.1) is 0 Å². The Hall–Kier alpha value is -2.64. The van der Waals surface area contributed by atoms with Gasteiger partial charge in [0.2, 0.25) is 5.88 Å². The Bertz CT molecular complexity index is 881. The molecule has 4 rings (SSSR count). The molecule has 0 radical (unpaired) electrons. The minimum Gasteiger partial charge on any atom is -0.489 e. The van der Waals surface area contributed by atoms with Crippen LogP contribution in [0.1, 0.15) is 25.3 Å². The Balaban J connectivity index is 1.55. The molecule has 7 heteroatoms. The van der Waals surface area contributed by atoms with Gasteiger partial charge in [0, 0.05) is 43.4 Å². The molecule has 1 fully saturated rings. The Morgan fingerprint density at radius 2 is 2.07 bits per heavy atom. The molecule has 0 amide bonds. The van der Waals surface area contributed by atoms with Crippen LogP contribution < -0.4 is 9.47 Å². The fourth-order valence-corrected chi connectivity index (χ4v) is 3.75. The normalized spacial score (nSPS) is 19.3. The topological polar surface area (TPSA) is 65.4 Å². The summed E-state index contributed by atoms with van der Waals surface area (Å²) in [5.74, 6) is 1.49. The number of nitrogens with zero attached hydrogens (tertiary/aromatic N) is 3. The van der Waals surface area contributed by atoms with Crippen molar-refractivity contribution < 1.29 is 19.0 Å². The van der Waals surface area contributed by atoms with Gasteiger partial charge in [0.05, 0.1) is 26.0 Å². The molecule has 1 atom stereocenters. The number of rotatable bonds is 8. The summed E-state index contributed by atoms with van der Waals surface area (Å²) in [5, 5.41) is 4.13. The average Bonchev–Trinajstić information content (AvgIpc) is 3.27. The van der Waals surface area contributed by atoms with Crippen LogP contribution >= 0.6 is 0 Å². The van der Waals surface area contributed by atoms with Gasteiger partial charge in [0.1, 0.15) is 12.4 Å². The summed E-state index contributed by atoms with van der Waals surface area (Å²) in [5.41, 5.74) is 4.25. The molecule has 2 aliphatic heterocycles. The van der Waals surface area contributed by atoms with E-state index in [2.05, 4.69) is 34.1 Å². The molecule has 1 saturated heterocycles. The predicted octanol–water partition coefficient (Wildman–Crippen LogP) is 3.52. The minimum absolute atomic E-state index is 0.0192. The van der Waals surface area contributed by atoms with Crippen molar-refractivity contribution in [2.45, 2.75) is 32.4 Å². The zero-order valence-corrected chi connectivity index (χ0v) is 17.7. The largest absolute Gasteiger partial charge is 0.489 e. The number of ether oxygens (including phenoxy) is 3. The van der Waals surface area contributed by atoms with Crippen LogP contribution in [0.15, 0.2) is 41.7 Å².